The van der Waals surface area contributed by atoms with Gasteiger partial charge in [-0.1, -0.05) is 84.0 Å². The average Bonchev–Trinajstić information content (AvgIpc) is 2.66. The number of benzene rings is 1. The second kappa shape index (κ2) is 18.3. The number of nitro benzene ring substituents is 1. The van der Waals surface area contributed by atoms with Crippen molar-refractivity contribution in [2.24, 2.45) is 0 Å². The van der Waals surface area contributed by atoms with Gasteiger partial charge in [0.2, 0.25) is 0 Å². The van der Waals surface area contributed by atoms with Crippen molar-refractivity contribution in [1.82, 2.24) is 0 Å². The first-order chi connectivity index (χ1) is 13.5. The van der Waals surface area contributed by atoms with Crippen LogP contribution in [0.4, 0.5) is 5.69 Å². The number of aromatic hydroxyl groups is 1. The van der Waals surface area contributed by atoms with Gasteiger partial charge in [0.1, 0.15) is 5.75 Å². The number of carboxylic acid groups (broad SMARTS) is 1. The van der Waals surface area contributed by atoms with Crippen molar-refractivity contribution in [2.75, 3.05) is 0 Å². The first-order valence-electron chi connectivity index (χ1n) is 10.6. The maximum Gasteiger partial charge on any atom is 0.303 e. The summed E-state index contributed by atoms with van der Waals surface area (Å²) in [5.74, 6) is -0.622. The zero-order valence-corrected chi connectivity index (χ0v) is 17.3. The van der Waals surface area contributed by atoms with Crippen molar-refractivity contribution in [3.63, 3.8) is 0 Å². The molecule has 0 amide bonds. The van der Waals surface area contributed by atoms with Crippen LogP contribution in [-0.2, 0) is 4.79 Å². The molecule has 2 N–H and O–H groups in total. The van der Waals surface area contributed by atoms with E-state index in [2.05, 4.69) is 6.92 Å². The van der Waals surface area contributed by atoms with E-state index in [1.165, 1.54) is 94.9 Å². The van der Waals surface area contributed by atoms with Crippen LogP contribution >= 0.6 is 0 Å². The van der Waals surface area contributed by atoms with Gasteiger partial charge in [-0.2, -0.15) is 0 Å². The molecule has 0 radical (unpaired) electrons. The van der Waals surface area contributed by atoms with E-state index in [0.29, 0.717) is 6.42 Å². The van der Waals surface area contributed by atoms with E-state index in [9.17, 15) is 14.9 Å². The van der Waals surface area contributed by atoms with Crippen LogP contribution in [0.5, 0.6) is 5.75 Å². The Kier molecular flexibility index (Phi) is 16.9. The monoisotopic (exact) mass is 395 g/mol. The predicted molar refractivity (Wildman–Crippen MR) is 113 cm³/mol. The van der Waals surface area contributed by atoms with Crippen LogP contribution in [0, 0.1) is 10.1 Å². The van der Waals surface area contributed by atoms with E-state index in [-0.39, 0.29) is 11.4 Å². The summed E-state index contributed by atoms with van der Waals surface area (Å²) < 4.78 is 0. The topological polar surface area (TPSA) is 101 Å². The van der Waals surface area contributed by atoms with Gasteiger partial charge >= 0.3 is 5.97 Å². The van der Waals surface area contributed by atoms with Crippen LogP contribution in [0.15, 0.2) is 24.3 Å². The minimum atomic E-state index is -0.655. The number of rotatable bonds is 15. The molecular weight excluding hydrogens is 358 g/mol. The predicted octanol–water partition coefficient (Wildman–Crippen LogP) is 6.85. The lowest BCUT2D eigenvalue weighted by Gasteiger charge is -2.02. The second-order valence-electron chi connectivity index (χ2n) is 7.16. The molecule has 0 aliphatic rings. The van der Waals surface area contributed by atoms with Gasteiger partial charge < -0.3 is 10.2 Å². The number of aliphatic carboxylic acids is 1. The number of nitrogens with zero attached hydrogens (tertiary/aromatic N) is 1. The molecule has 0 aliphatic carbocycles. The molecule has 0 aliphatic heterocycles. The number of hydrogen-bond acceptors (Lipinski definition) is 4. The molecule has 0 aromatic heterocycles. The highest BCUT2D eigenvalue weighted by molar-refractivity contribution is 5.66. The molecule has 1 aromatic rings. The molecule has 0 atom stereocenters. The second-order valence-corrected chi connectivity index (χ2v) is 7.16. The summed E-state index contributed by atoms with van der Waals surface area (Å²) in [6.45, 7) is 2.26. The lowest BCUT2D eigenvalue weighted by atomic mass is 10.0. The van der Waals surface area contributed by atoms with Crippen molar-refractivity contribution in [3.05, 3.63) is 34.4 Å². The Morgan fingerprint density at radius 2 is 1.21 bits per heavy atom. The van der Waals surface area contributed by atoms with Gasteiger partial charge in [-0.25, -0.2) is 0 Å². The van der Waals surface area contributed by atoms with Crippen LogP contribution in [0.25, 0.3) is 0 Å². The van der Waals surface area contributed by atoms with Crippen LogP contribution in [0.1, 0.15) is 96.8 Å². The van der Waals surface area contributed by atoms with Gasteiger partial charge in [-0.05, 0) is 18.6 Å². The Morgan fingerprint density at radius 1 is 0.821 bits per heavy atom. The number of phenolic OH excluding ortho intramolecular Hbond substituents is 1. The number of hydrogen-bond donors (Lipinski definition) is 2. The highest BCUT2D eigenvalue weighted by Gasteiger charge is 2.01. The largest absolute Gasteiger partial charge is 0.508 e. The van der Waals surface area contributed by atoms with E-state index in [0.717, 1.165) is 12.8 Å². The molecule has 0 unspecified atom stereocenters. The lowest BCUT2D eigenvalue weighted by molar-refractivity contribution is -0.384. The van der Waals surface area contributed by atoms with Crippen molar-refractivity contribution in [1.29, 1.82) is 0 Å². The van der Waals surface area contributed by atoms with Crippen molar-refractivity contribution < 1.29 is 19.9 Å². The summed E-state index contributed by atoms with van der Waals surface area (Å²) in [4.78, 5) is 19.8. The number of phenols is 1. The van der Waals surface area contributed by atoms with E-state index >= 15 is 0 Å². The normalized spacial score (nSPS) is 10.2. The van der Waals surface area contributed by atoms with E-state index in [4.69, 9.17) is 10.2 Å². The van der Waals surface area contributed by atoms with Crippen LogP contribution in [-0.4, -0.2) is 21.1 Å². The summed E-state index contributed by atoms with van der Waals surface area (Å²) in [5.41, 5.74) is -0.0159. The molecule has 1 rings (SSSR count). The number of carbonyl (C=O) groups is 1. The molecule has 28 heavy (non-hydrogen) atoms. The summed E-state index contributed by atoms with van der Waals surface area (Å²) in [5, 5.41) is 27.2. The highest BCUT2D eigenvalue weighted by atomic mass is 16.6. The molecule has 0 saturated heterocycles. The van der Waals surface area contributed by atoms with Gasteiger partial charge in [0.25, 0.3) is 5.69 Å². The van der Waals surface area contributed by atoms with Gasteiger partial charge in [-0.15, -0.1) is 0 Å². The van der Waals surface area contributed by atoms with Gasteiger partial charge in [0.05, 0.1) is 4.92 Å². The maximum absolute atomic E-state index is 10.3. The van der Waals surface area contributed by atoms with Crippen molar-refractivity contribution in [3.8, 4) is 5.75 Å². The van der Waals surface area contributed by atoms with Crippen LogP contribution in [0.3, 0.4) is 0 Å². The molecule has 0 bridgehead atoms. The first-order valence-corrected chi connectivity index (χ1v) is 10.6. The number of carboxylic acids is 1. The molecule has 160 valence electrons. The average molecular weight is 396 g/mol. The smallest absolute Gasteiger partial charge is 0.303 e. The minimum absolute atomic E-state index is 0.0159. The Hall–Kier alpha value is -2.11. The number of non-ortho nitro benzene ring substituents is 1. The fourth-order valence-electron chi connectivity index (χ4n) is 2.87. The fraction of sp³-hybridized carbons (Fsp3) is 0.682. The Balaban J connectivity index is 0.000000609. The first kappa shape index (κ1) is 25.9. The molecule has 1 aromatic carbocycles. The number of nitro groups is 1. The zero-order valence-electron chi connectivity index (χ0n) is 17.3. The standard InChI is InChI=1S/C16H32O2.C6H5NO3/c1-2-3-4-5-6-7-8-9-10-11-12-13-14-15-16(17)18;8-6-3-1-5(2-4-6)7(9)10/h2-15H2,1H3,(H,17,18);1-4,8H. The molecule has 6 heteroatoms. The van der Waals surface area contributed by atoms with Crippen LogP contribution < -0.4 is 0 Å². The maximum atomic E-state index is 10.3. The third kappa shape index (κ3) is 17.3. The Morgan fingerprint density at radius 3 is 1.57 bits per heavy atom. The number of unbranched alkanes of at least 4 members (excludes halogenated alkanes) is 12. The zero-order chi connectivity index (χ0) is 21.0. The molecule has 0 fully saturated rings. The third-order valence-corrected chi connectivity index (χ3v) is 4.55. The van der Waals surface area contributed by atoms with Crippen LogP contribution in [0.2, 0.25) is 0 Å². The highest BCUT2D eigenvalue weighted by Crippen LogP contribution is 2.15. The fourth-order valence-corrected chi connectivity index (χ4v) is 2.87. The van der Waals surface area contributed by atoms with Gasteiger partial charge in [0, 0.05) is 18.6 Å². The van der Waals surface area contributed by atoms with E-state index in [1.54, 1.807) is 0 Å². The Labute approximate surface area is 169 Å². The van der Waals surface area contributed by atoms with E-state index < -0.39 is 10.9 Å². The van der Waals surface area contributed by atoms with Gasteiger partial charge in [0.15, 0.2) is 0 Å². The summed E-state index contributed by atoms with van der Waals surface area (Å²) in [6.07, 6.45) is 17.3. The van der Waals surface area contributed by atoms with Crippen molar-refractivity contribution >= 4 is 11.7 Å². The van der Waals surface area contributed by atoms with E-state index in [1.807, 2.05) is 0 Å². The SMILES string of the molecule is CCCCCCCCCCCCCCCC(=O)O.O=[N+]([O-])c1ccc(O)cc1. The molecule has 0 saturated carbocycles. The summed E-state index contributed by atoms with van der Waals surface area (Å²) >= 11 is 0. The summed E-state index contributed by atoms with van der Waals surface area (Å²) in [6, 6.07) is 5.04. The van der Waals surface area contributed by atoms with Crippen molar-refractivity contribution in [2.45, 2.75) is 96.8 Å². The summed E-state index contributed by atoms with van der Waals surface area (Å²) in [7, 11) is 0. The van der Waals surface area contributed by atoms with Gasteiger partial charge in [-0.3, -0.25) is 14.9 Å². The minimum Gasteiger partial charge on any atom is -0.508 e. The molecular formula is C22H37NO5. The Bertz CT molecular complexity index is 516. The lowest BCUT2D eigenvalue weighted by Crippen LogP contribution is -1.93. The molecule has 6 nitrogen and oxygen atoms in total. The third-order valence-electron chi connectivity index (χ3n) is 4.55. The molecule has 0 heterocycles. The molecule has 0 spiro atoms. The quantitative estimate of drug-likeness (QED) is 0.192.